The quantitative estimate of drug-likeness (QED) is 0.402. The number of halogens is 2. The Morgan fingerprint density at radius 2 is 1.97 bits per heavy atom. The number of carbonyl (C=O) groups is 1. The SMILES string of the molecule is CSc1ccc(Cl)cc1N(C(=O)OC(C)(C)C)n1cnc2c(Br)cc(C)cc2c1=O. The van der Waals surface area contributed by atoms with Gasteiger partial charge in [-0.3, -0.25) is 4.79 Å². The van der Waals surface area contributed by atoms with Crippen molar-refractivity contribution >= 4 is 62.0 Å². The first kappa shape index (κ1) is 22.7. The van der Waals surface area contributed by atoms with Gasteiger partial charge in [-0.25, -0.2) is 9.78 Å². The number of thioether (sulfide) groups is 1. The lowest BCUT2D eigenvalue weighted by Gasteiger charge is -2.29. The maximum Gasteiger partial charge on any atom is 0.434 e. The number of amides is 1. The number of carbonyl (C=O) groups excluding carboxylic acids is 1. The van der Waals surface area contributed by atoms with Crippen molar-refractivity contribution in [1.29, 1.82) is 0 Å². The van der Waals surface area contributed by atoms with Gasteiger partial charge in [-0.1, -0.05) is 11.6 Å². The normalized spacial score (nSPS) is 11.6. The van der Waals surface area contributed by atoms with Gasteiger partial charge < -0.3 is 4.74 Å². The number of ether oxygens (including phenoxy) is 1. The van der Waals surface area contributed by atoms with Gasteiger partial charge in [-0.05, 0) is 85.8 Å². The van der Waals surface area contributed by atoms with E-state index < -0.39 is 17.3 Å². The molecule has 0 fully saturated rings. The fourth-order valence-electron chi connectivity index (χ4n) is 2.90. The van der Waals surface area contributed by atoms with Crippen molar-refractivity contribution in [2.75, 3.05) is 11.3 Å². The molecule has 0 bridgehead atoms. The van der Waals surface area contributed by atoms with Crippen LogP contribution in [0, 0.1) is 6.92 Å². The molecule has 158 valence electrons. The van der Waals surface area contributed by atoms with Crippen molar-refractivity contribution in [2.24, 2.45) is 0 Å². The van der Waals surface area contributed by atoms with Crippen LogP contribution in [0.15, 0.2) is 50.8 Å². The van der Waals surface area contributed by atoms with Crippen LogP contribution in [-0.2, 0) is 4.74 Å². The molecule has 0 aliphatic heterocycles. The fraction of sp³-hybridized carbons (Fsp3) is 0.286. The van der Waals surface area contributed by atoms with Gasteiger partial charge in [0.15, 0.2) is 0 Å². The molecule has 3 aromatic rings. The Labute approximate surface area is 192 Å². The molecule has 1 amide bonds. The van der Waals surface area contributed by atoms with Gasteiger partial charge >= 0.3 is 6.09 Å². The lowest BCUT2D eigenvalue weighted by atomic mass is 10.2. The van der Waals surface area contributed by atoms with E-state index in [0.717, 1.165) is 15.1 Å². The predicted octanol–water partition coefficient (Wildman–Crippen LogP) is 6.05. The van der Waals surface area contributed by atoms with Crippen LogP contribution in [0.4, 0.5) is 10.5 Å². The molecule has 0 saturated carbocycles. The fourth-order valence-corrected chi connectivity index (χ4v) is 4.30. The molecule has 0 radical (unpaired) electrons. The first-order valence-electron chi connectivity index (χ1n) is 9.06. The number of benzene rings is 2. The van der Waals surface area contributed by atoms with E-state index in [2.05, 4.69) is 20.9 Å². The second kappa shape index (κ2) is 8.61. The predicted molar refractivity (Wildman–Crippen MR) is 126 cm³/mol. The summed E-state index contributed by atoms with van der Waals surface area (Å²) in [7, 11) is 0. The van der Waals surface area contributed by atoms with E-state index in [0.29, 0.717) is 26.1 Å². The summed E-state index contributed by atoms with van der Waals surface area (Å²) in [4.78, 5) is 31.8. The molecule has 0 spiro atoms. The number of nitrogens with zero attached hydrogens (tertiary/aromatic N) is 3. The van der Waals surface area contributed by atoms with Gasteiger partial charge in [-0.15, -0.1) is 11.8 Å². The highest BCUT2D eigenvalue weighted by Gasteiger charge is 2.28. The molecule has 9 heteroatoms. The van der Waals surface area contributed by atoms with Crippen molar-refractivity contribution in [3.63, 3.8) is 0 Å². The molecule has 6 nitrogen and oxygen atoms in total. The molecule has 0 unspecified atom stereocenters. The molecule has 3 rings (SSSR count). The summed E-state index contributed by atoms with van der Waals surface area (Å²) < 4.78 is 7.47. The molecule has 1 aromatic heterocycles. The zero-order valence-electron chi connectivity index (χ0n) is 17.2. The average Bonchev–Trinajstić information content (AvgIpc) is 2.63. The van der Waals surface area contributed by atoms with Gasteiger partial charge in [0.05, 0.1) is 16.6 Å². The lowest BCUT2D eigenvalue weighted by Crippen LogP contribution is -2.45. The first-order chi connectivity index (χ1) is 14.0. The Bertz CT molecular complexity index is 1190. The van der Waals surface area contributed by atoms with Gasteiger partial charge in [0.2, 0.25) is 0 Å². The number of fused-ring (bicyclic) bond motifs is 1. The number of anilines is 1. The van der Waals surface area contributed by atoms with Crippen LogP contribution < -0.4 is 10.6 Å². The maximum atomic E-state index is 13.4. The third-order valence-electron chi connectivity index (χ3n) is 4.09. The van der Waals surface area contributed by atoms with Crippen LogP contribution in [0.5, 0.6) is 0 Å². The number of rotatable bonds is 3. The first-order valence-corrected chi connectivity index (χ1v) is 11.5. The minimum absolute atomic E-state index is 0.380. The molecule has 0 saturated heterocycles. The highest BCUT2D eigenvalue weighted by atomic mass is 79.9. The number of aromatic nitrogens is 2. The van der Waals surface area contributed by atoms with E-state index in [1.165, 1.54) is 23.1 Å². The van der Waals surface area contributed by atoms with E-state index in [4.69, 9.17) is 16.3 Å². The van der Waals surface area contributed by atoms with Gasteiger partial charge in [0.1, 0.15) is 11.9 Å². The van der Waals surface area contributed by atoms with Crippen molar-refractivity contribution in [2.45, 2.75) is 38.2 Å². The van der Waals surface area contributed by atoms with Crippen LogP contribution in [0.25, 0.3) is 10.9 Å². The van der Waals surface area contributed by atoms with Gasteiger partial charge in [0.25, 0.3) is 5.56 Å². The third-order valence-corrected chi connectivity index (χ3v) is 5.72. The molecule has 30 heavy (non-hydrogen) atoms. The van der Waals surface area contributed by atoms with Crippen LogP contribution >= 0.6 is 39.3 Å². The molecule has 0 atom stereocenters. The highest BCUT2D eigenvalue weighted by molar-refractivity contribution is 9.10. The summed E-state index contributed by atoms with van der Waals surface area (Å²) in [6.45, 7) is 7.17. The number of aryl methyl sites for hydroxylation is 1. The van der Waals surface area contributed by atoms with Gasteiger partial charge in [-0.2, -0.15) is 9.69 Å². The van der Waals surface area contributed by atoms with Crippen LogP contribution in [0.3, 0.4) is 0 Å². The summed E-state index contributed by atoms with van der Waals surface area (Å²) in [6, 6.07) is 8.77. The molecular weight excluding hydrogens is 490 g/mol. The molecular formula is C21H21BrClN3O3S. The largest absolute Gasteiger partial charge is 0.442 e. The summed E-state index contributed by atoms with van der Waals surface area (Å²) in [6.07, 6.45) is 2.48. The Balaban J connectivity index is 2.31. The summed E-state index contributed by atoms with van der Waals surface area (Å²) in [5, 5.41) is 1.98. The van der Waals surface area contributed by atoms with Crippen molar-refractivity contribution < 1.29 is 9.53 Å². The topological polar surface area (TPSA) is 64.4 Å². The summed E-state index contributed by atoms with van der Waals surface area (Å²) in [5.74, 6) is 0. The van der Waals surface area contributed by atoms with E-state index in [9.17, 15) is 9.59 Å². The zero-order valence-corrected chi connectivity index (χ0v) is 20.4. The standard InChI is InChI=1S/C21H21BrClN3O3S/c1-12-8-14-18(15(22)9-12)24-11-25(19(14)27)26(20(28)29-21(2,3)4)16-10-13(23)6-7-17(16)30-5/h6-11H,1-5H3. The van der Waals surface area contributed by atoms with Crippen LogP contribution in [0.1, 0.15) is 26.3 Å². The summed E-state index contributed by atoms with van der Waals surface area (Å²) >= 11 is 11.1. The average molecular weight is 511 g/mol. The van der Waals surface area contributed by atoms with E-state index in [1.807, 2.05) is 19.2 Å². The smallest absolute Gasteiger partial charge is 0.434 e. The second-order valence-corrected chi connectivity index (χ2v) is 9.78. The monoisotopic (exact) mass is 509 g/mol. The maximum absolute atomic E-state index is 13.4. The second-order valence-electron chi connectivity index (χ2n) is 7.65. The third kappa shape index (κ3) is 4.66. The zero-order chi connectivity index (χ0) is 22.2. The molecule has 0 aliphatic carbocycles. The molecule has 0 N–H and O–H groups in total. The van der Waals surface area contributed by atoms with Crippen molar-refractivity contribution in [3.05, 3.63) is 62.1 Å². The Kier molecular flexibility index (Phi) is 6.50. The summed E-state index contributed by atoms with van der Waals surface area (Å²) in [5.41, 5.74) is 0.673. The Morgan fingerprint density at radius 1 is 1.27 bits per heavy atom. The van der Waals surface area contributed by atoms with Crippen LogP contribution in [0.2, 0.25) is 5.02 Å². The minimum atomic E-state index is -0.763. The van der Waals surface area contributed by atoms with E-state index in [1.54, 1.807) is 45.0 Å². The van der Waals surface area contributed by atoms with E-state index >= 15 is 0 Å². The van der Waals surface area contributed by atoms with Crippen molar-refractivity contribution in [3.8, 4) is 0 Å². The highest BCUT2D eigenvalue weighted by Crippen LogP contribution is 2.33. The van der Waals surface area contributed by atoms with Gasteiger partial charge in [0, 0.05) is 14.4 Å². The Hall–Kier alpha value is -2.03. The van der Waals surface area contributed by atoms with Crippen LogP contribution in [-0.4, -0.2) is 27.6 Å². The number of hydrogen-bond acceptors (Lipinski definition) is 5. The molecule has 2 aromatic carbocycles. The number of hydrogen-bond donors (Lipinski definition) is 0. The molecule has 1 heterocycles. The Morgan fingerprint density at radius 3 is 2.60 bits per heavy atom. The molecule has 0 aliphatic rings. The van der Waals surface area contributed by atoms with Crippen molar-refractivity contribution in [1.82, 2.24) is 9.66 Å². The van der Waals surface area contributed by atoms with E-state index in [-0.39, 0.29) is 0 Å². The minimum Gasteiger partial charge on any atom is -0.442 e. The lowest BCUT2D eigenvalue weighted by molar-refractivity contribution is 0.0561.